The lowest BCUT2D eigenvalue weighted by Gasteiger charge is -2.14. The van der Waals surface area contributed by atoms with E-state index in [9.17, 15) is 9.59 Å². The van der Waals surface area contributed by atoms with Crippen LogP contribution in [0.4, 0.5) is 0 Å². The minimum Gasteiger partial charge on any atom is -0.462 e. The van der Waals surface area contributed by atoms with Crippen LogP contribution in [0.1, 0.15) is 34.2 Å². The number of benzene rings is 1. The highest BCUT2D eigenvalue weighted by atomic mass is 16.5. The third-order valence-electron chi connectivity index (χ3n) is 5.45. The van der Waals surface area contributed by atoms with Gasteiger partial charge in [-0.1, -0.05) is 18.2 Å². The highest BCUT2D eigenvalue weighted by molar-refractivity contribution is 5.92. The molecule has 3 heterocycles. The molecule has 0 fully saturated rings. The molecule has 0 aliphatic rings. The lowest BCUT2D eigenvalue weighted by Crippen LogP contribution is -2.21. The Bertz CT molecular complexity index is 1350. The molecular formula is C23H26N6O3. The van der Waals surface area contributed by atoms with E-state index in [0.717, 1.165) is 22.2 Å². The Kier molecular flexibility index (Phi) is 5.91. The number of pyridine rings is 1. The van der Waals surface area contributed by atoms with Gasteiger partial charge in [0.05, 0.1) is 35.4 Å². The molecule has 9 heteroatoms. The Hall–Kier alpha value is -3.72. The number of esters is 1. The number of carbonyl (C=O) groups excluding carboxylic acids is 1. The van der Waals surface area contributed by atoms with Crippen LogP contribution in [-0.4, -0.2) is 36.7 Å². The molecule has 0 saturated heterocycles. The smallest absolute Gasteiger partial charge is 0.341 e. The fourth-order valence-electron chi connectivity index (χ4n) is 3.84. The summed E-state index contributed by atoms with van der Waals surface area (Å²) in [5, 5.41) is 13.1. The van der Waals surface area contributed by atoms with Gasteiger partial charge in [-0.25, -0.2) is 9.48 Å². The molecule has 0 unspecified atom stereocenters. The standard InChI is InChI=1S/C23H26N6O3/c1-5-32-23(31)18-12-25-29(21(18)13-24-11-16-14-27(3)26-15(16)2)20-10-22(30)28(4)19-9-7-6-8-17(19)20/h6-10,12,14,24H,5,11,13H2,1-4H3. The van der Waals surface area contributed by atoms with Gasteiger partial charge in [-0.15, -0.1) is 0 Å². The SMILES string of the molecule is CCOC(=O)c1cnn(-c2cc(=O)n(C)c3ccccc23)c1CNCc1cn(C)nc1C. The molecule has 0 aliphatic carbocycles. The maximum Gasteiger partial charge on any atom is 0.341 e. The molecule has 4 aromatic rings. The Morgan fingerprint density at radius 3 is 2.69 bits per heavy atom. The average molecular weight is 435 g/mol. The second kappa shape index (κ2) is 8.80. The second-order valence-corrected chi connectivity index (χ2v) is 7.60. The molecule has 0 amide bonds. The number of fused-ring (bicyclic) bond motifs is 1. The maximum atomic E-state index is 12.6. The Balaban J connectivity index is 1.77. The van der Waals surface area contributed by atoms with E-state index in [2.05, 4.69) is 15.5 Å². The predicted octanol–water partition coefficient (Wildman–Crippen LogP) is 2.23. The van der Waals surface area contributed by atoms with Crippen molar-refractivity contribution in [1.82, 2.24) is 29.4 Å². The van der Waals surface area contributed by atoms with Gasteiger partial charge in [-0.05, 0) is 19.9 Å². The topological polar surface area (TPSA) is 96.0 Å². The van der Waals surface area contributed by atoms with Crippen LogP contribution < -0.4 is 10.9 Å². The van der Waals surface area contributed by atoms with Gasteiger partial charge in [-0.2, -0.15) is 10.2 Å². The van der Waals surface area contributed by atoms with Crippen LogP contribution in [0, 0.1) is 6.92 Å². The fraction of sp³-hybridized carbons (Fsp3) is 0.304. The number of nitrogens with one attached hydrogen (secondary N) is 1. The van der Waals surface area contributed by atoms with E-state index in [1.165, 1.54) is 6.20 Å². The Morgan fingerprint density at radius 2 is 1.97 bits per heavy atom. The first kappa shape index (κ1) is 21.5. The van der Waals surface area contributed by atoms with Gasteiger partial charge in [-0.3, -0.25) is 9.48 Å². The molecule has 0 atom stereocenters. The molecule has 0 saturated carbocycles. The summed E-state index contributed by atoms with van der Waals surface area (Å²) in [6.45, 7) is 4.91. The van der Waals surface area contributed by atoms with Gasteiger partial charge in [0.1, 0.15) is 5.56 Å². The highest BCUT2D eigenvalue weighted by Gasteiger charge is 2.21. The van der Waals surface area contributed by atoms with Crippen LogP contribution in [0.5, 0.6) is 0 Å². The number of aromatic nitrogens is 5. The van der Waals surface area contributed by atoms with Crippen molar-refractivity contribution in [3.8, 4) is 5.69 Å². The molecule has 1 aromatic carbocycles. The van der Waals surface area contributed by atoms with Gasteiger partial charge in [0.2, 0.25) is 0 Å². The van der Waals surface area contributed by atoms with Crippen LogP contribution in [0.3, 0.4) is 0 Å². The minimum atomic E-state index is -0.443. The molecule has 3 aromatic heterocycles. The average Bonchev–Trinajstić information content (AvgIpc) is 3.33. The molecule has 4 rings (SSSR count). The van der Waals surface area contributed by atoms with E-state index in [0.29, 0.717) is 30.0 Å². The number of hydrogen-bond acceptors (Lipinski definition) is 6. The molecule has 0 spiro atoms. The quantitative estimate of drug-likeness (QED) is 0.448. The molecule has 0 radical (unpaired) electrons. The summed E-state index contributed by atoms with van der Waals surface area (Å²) in [7, 11) is 3.62. The molecule has 9 nitrogen and oxygen atoms in total. The van der Waals surface area contributed by atoms with E-state index in [1.807, 2.05) is 44.4 Å². The minimum absolute atomic E-state index is 0.156. The third-order valence-corrected chi connectivity index (χ3v) is 5.45. The number of aryl methyl sites for hydroxylation is 3. The van der Waals surface area contributed by atoms with Crippen LogP contribution in [0.25, 0.3) is 16.6 Å². The molecular weight excluding hydrogens is 408 g/mol. The zero-order valence-electron chi connectivity index (χ0n) is 18.6. The van der Waals surface area contributed by atoms with E-state index in [1.54, 1.807) is 34.0 Å². The predicted molar refractivity (Wildman–Crippen MR) is 121 cm³/mol. The summed E-state index contributed by atoms with van der Waals surface area (Å²) in [4.78, 5) is 25.2. The van der Waals surface area contributed by atoms with Crippen molar-refractivity contribution in [2.24, 2.45) is 14.1 Å². The van der Waals surface area contributed by atoms with Gasteiger partial charge in [0, 0.05) is 50.4 Å². The van der Waals surface area contributed by atoms with Crippen molar-refractivity contribution in [2.75, 3.05) is 6.61 Å². The maximum absolute atomic E-state index is 12.6. The first-order chi connectivity index (χ1) is 15.4. The van der Waals surface area contributed by atoms with Gasteiger partial charge in [0.15, 0.2) is 0 Å². The number of carbonyl (C=O) groups is 1. The largest absolute Gasteiger partial charge is 0.462 e. The molecule has 0 aliphatic heterocycles. The van der Waals surface area contributed by atoms with E-state index >= 15 is 0 Å². The van der Waals surface area contributed by atoms with Gasteiger partial charge in [0.25, 0.3) is 5.56 Å². The van der Waals surface area contributed by atoms with Crippen LogP contribution >= 0.6 is 0 Å². The summed E-state index contributed by atoms with van der Waals surface area (Å²) < 4.78 is 10.3. The Labute approximate surface area is 185 Å². The molecule has 32 heavy (non-hydrogen) atoms. The normalized spacial score (nSPS) is 11.2. The van der Waals surface area contributed by atoms with Crippen molar-refractivity contribution < 1.29 is 9.53 Å². The first-order valence-electron chi connectivity index (χ1n) is 10.4. The summed E-state index contributed by atoms with van der Waals surface area (Å²) >= 11 is 0. The van der Waals surface area contributed by atoms with Gasteiger partial charge < -0.3 is 14.6 Å². The zero-order valence-corrected chi connectivity index (χ0v) is 18.6. The monoisotopic (exact) mass is 434 g/mol. The van der Waals surface area contributed by atoms with Crippen molar-refractivity contribution in [2.45, 2.75) is 26.9 Å². The molecule has 1 N–H and O–H groups in total. The lowest BCUT2D eigenvalue weighted by molar-refractivity contribution is 0.0525. The van der Waals surface area contributed by atoms with Crippen LogP contribution in [0.15, 0.2) is 47.5 Å². The number of rotatable bonds is 7. The van der Waals surface area contributed by atoms with E-state index in [4.69, 9.17) is 4.74 Å². The van der Waals surface area contributed by atoms with Crippen LogP contribution in [-0.2, 0) is 31.9 Å². The highest BCUT2D eigenvalue weighted by Crippen LogP contribution is 2.23. The summed E-state index contributed by atoms with van der Waals surface area (Å²) in [6.07, 6.45) is 3.46. The van der Waals surface area contributed by atoms with Crippen molar-refractivity contribution >= 4 is 16.9 Å². The first-order valence-corrected chi connectivity index (χ1v) is 10.4. The van der Waals surface area contributed by atoms with E-state index in [-0.39, 0.29) is 12.2 Å². The molecule has 166 valence electrons. The third kappa shape index (κ3) is 3.94. The zero-order chi connectivity index (χ0) is 22.8. The Morgan fingerprint density at radius 1 is 1.19 bits per heavy atom. The number of nitrogens with zero attached hydrogens (tertiary/aromatic N) is 5. The summed E-state index contributed by atoms with van der Waals surface area (Å²) in [6, 6.07) is 9.16. The van der Waals surface area contributed by atoms with Gasteiger partial charge >= 0.3 is 5.97 Å². The number of para-hydroxylation sites is 1. The summed E-state index contributed by atoms with van der Waals surface area (Å²) in [5.41, 5.74) is 4.25. The van der Waals surface area contributed by atoms with Crippen LogP contribution in [0.2, 0.25) is 0 Å². The fourth-order valence-corrected chi connectivity index (χ4v) is 3.84. The summed E-state index contributed by atoms with van der Waals surface area (Å²) in [5.74, 6) is -0.443. The van der Waals surface area contributed by atoms with Crippen molar-refractivity contribution in [3.63, 3.8) is 0 Å². The van der Waals surface area contributed by atoms with Crippen molar-refractivity contribution in [3.05, 3.63) is 75.6 Å². The number of ether oxygens (including phenoxy) is 1. The second-order valence-electron chi connectivity index (χ2n) is 7.60. The lowest BCUT2D eigenvalue weighted by atomic mass is 10.1. The van der Waals surface area contributed by atoms with E-state index < -0.39 is 5.97 Å². The van der Waals surface area contributed by atoms with Crippen molar-refractivity contribution in [1.29, 1.82) is 0 Å². The molecule has 0 bridgehead atoms. The number of hydrogen-bond donors (Lipinski definition) is 1.